The van der Waals surface area contributed by atoms with E-state index in [1.165, 1.54) is 6.92 Å². The quantitative estimate of drug-likeness (QED) is 0.707. The van der Waals surface area contributed by atoms with Crippen molar-refractivity contribution in [3.05, 3.63) is 40.1 Å². The molecule has 12 heteroatoms. The van der Waals surface area contributed by atoms with Gasteiger partial charge in [0.15, 0.2) is 5.71 Å². The molecule has 4 rings (SSSR count). The molecule has 0 bridgehead atoms. The summed E-state index contributed by atoms with van der Waals surface area (Å²) in [4.78, 5) is 25.2. The molecule has 1 aromatic heterocycles. The van der Waals surface area contributed by atoms with Crippen LogP contribution in [-0.2, 0) is 14.1 Å². The average Bonchev–Trinajstić information content (AvgIpc) is 3.01. The lowest BCUT2D eigenvalue weighted by molar-refractivity contribution is -0.372. The maximum atomic E-state index is 14.5. The molecule has 1 amide bonds. The zero-order chi connectivity index (χ0) is 21.5. The van der Waals surface area contributed by atoms with Crippen molar-refractivity contribution in [1.29, 1.82) is 0 Å². The van der Waals surface area contributed by atoms with E-state index in [1.807, 2.05) is 18.9 Å². The highest BCUT2D eigenvalue weighted by Gasteiger charge is 2.45. The number of carbonyl (C=O) groups excluding carboxylic acids is 1. The highest BCUT2D eigenvalue weighted by molar-refractivity contribution is 8.18. The number of amides is 1. The average molecular weight is 454 g/mol. The lowest BCUT2D eigenvalue weighted by Gasteiger charge is -2.38. The third-order valence-corrected chi connectivity index (χ3v) is 5.97. The zero-order valence-electron chi connectivity index (χ0n) is 17.3. The Bertz CT molecular complexity index is 1020. The lowest BCUT2D eigenvalue weighted by atomic mass is 9.98. The SMILES string of the molecule is CCN(C)c1ccc(C2=C3CCCC4=NC(=[NH+]C(C)=O)SC4=C3O[B-](F)(F)O2)cn1.F. The number of amidine groups is 1. The summed E-state index contributed by atoms with van der Waals surface area (Å²) in [7, 11) is -2.65. The molecular formula is C19H22BF3N4O3S. The molecule has 166 valence electrons. The van der Waals surface area contributed by atoms with E-state index in [0.29, 0.717) is 46.2 Å². The van der Waals surface area contributed by atoms with Gasteiger partial charge in [0.05, 0.1) is 5.76 Å². The van der Waals surface area contributed by atoms with E-state index in [4.69, 9.17) is 9.31 Å². The Morgan fingerprint density at radius 2 is 2.03 bits per heavy atom. The minimum atomic E-state index is -4.55. The number of nitrogens with one attached hydrogen (secondary N) is 1. The number of aromatic nitrogens is 1. The molecule has 7 nitrogen and oxygen atoms in total. The highest BCUT2D eigenvalue weighted by Crippen LogP contribution is 2.46. The van der Waals surface area contributed by atoms with Crippen LogP contribution in [0.1, 0.15) is 38.7 Å². The van der Waals surface area contributed by atoms with Crippen LogP contribution >= 0.6 is 11.8 Å². The molecule has 0 spiro atoms. The number of rotatable bonds is 3. The number of halogens is 3. The van der Waals surface area contributed by atoms with Crippen LogP contribution < -0.4 is 9.89 Å². The van der Waals surface area contributed by atoms with Crippen molar-refractivity contribution < 1.29 is 32.4 Å². The zero-order valence-corrected chi connectivity index (χ0v) is 18.1. The first-order valence-electron chi connectivity index (χ1n) is 9.71. The van der Waals surface area contributed by atoms with Crippen LogP contribution in [0.3, 0.4) is 0 Å². The largest absolute Gasteiger partial charge is 0.725 e. The lowest BCUT2D eigenvalue weighted by Crippen LogP contribution is -2.75. The molecule has 0 atom stereocenters. The predicted molar refractivity (Wildman–Crippen MR) is 115 cm³/mol. The summed E-state index contributed by atoms with van der Waals surface area (Å²) in [6.45, 7) is 4.14. The Kier molecular flexibility index (Phi) is 6.49. The van der Waals surface area contributed by atoms with Gasteiger partial charge in [0.25, 0.3) is 0 Å². The summed E-state index contributed by atoms with van der Waals surface area (Å²) in [6.07, 6.45) is 3.33. The summed E-state index contributed by atoms with van der Waals surface area (Å²) in [6, 6.07) is 3.51. The van der Waals surface area contributed by atoms with Crippen LogP contribution in [0.4, 0.5) is 19.2 Å². The van der Waals surface area contributed by atoms with Crippen LogP contribution in [0.5, 0.6) is 0 Å². The predicted octanol–water partition coefficient (Wildman–Crippen LogP) is 2.39. The fourth-order valence-electron chi connectivity index (χ4n) is 3.45. The molecule has 0 unspecified atom stereocenters. The molecule has 1 aliphatic carbocycles. The van der Waals surface area contributed by atoms with Gasteiger partial charge in [-0.1, -0.05) is 0 Å². The molecule has 31 heavy (non-hydrogen) atoms. The molecule has 0 aromatic carbocycles. The van der Waals surface area contributed by atoms with Crippen LogP contribution in [0.25, 0.3) is 5.76 Å². The molecular weight excluding hydrogens is 432 g/mol. The number of hydrogen-bond donors (Lipinski definition) is 1. The number of nitrogens with zero attached hydrogens (tertiary/aromatic N) is 3. The molecule has 3 aliphatic rings. The summed E-state index contributed by atoms with van der Waals surface area (Å²) in [5.41, 5.74) is 1.67. The third kappa shape index (κ3) is 4.63. The highest BCUT2D eigenvalue weighted by atomic mass is 32.2. The van der Waals surface area contributed by atoms with Gasteiger partial charge in [-0.25, -0.2) is 14.8 Å². The van der Waals surface area contributed by atoms with Crippen LogP contribution in [-0.4, -0.2) is 42.5 Å². The second kappa shape index (κ2) is 8.78. The maximum absolute atomic E-state index is 14.5. The van der Waals surface area contributed by atoms with Crippen molar-refractivity contribution in [3.8, 4) is 0 Å². The molecule has 0 saturated carbocycles. The fourth-order valence-corrected chi connectivity index (χ4v) is 4.52. The minimum absolute atomic E-state index is 0. The van der Waals surface area contributed by atoms with E-state index in [-0.39, 0.29) is 22.1 Å². The van der Waals surface area contributed by atoms with E-state index in [2.05, 4.69) is 15.0 Å². The standard InChI is InChI=1S/C19H20BF2N4O3S.FH/c1-4-26(3)15-9-8-12(10-23-15)16-13-6-5-7-14-18(17(13)29-20(21,22)28-16)30-19(25-14)24-11(2)27;/h8-10H,4-7H2,1-3H3;1H/q-1;/p+1. The minimum Gasteiger partial charge on any atom is -0.627 e. The first-order valence-corrected chi connectivity index (χ1v) is 10.5. The van der Waals surface area contributed by atoms with Gasteiger partial charge in [-0.3, -0.25) is 4.70 Å². The number of allylic oxidation sites excluding steroid dienone is 2. The molecule has 0 saturated heterocycles. The van der Waals surface area contributed by atoms with Crippen molar-refractivity contribution in [2.24, 2.45) is 4.99 Å². The molecule has 0 fully saturated rings. The normalized spacial score (nSPS) is 20.7. The van der Waals surface area contributed by atoms with Crippen LogP contribution in [0.15, 0.2) is 39.6 Å². The number of aliphatic imine (C=N–C) groups is 1. The second-order valence-corrected chi connectivity index (χ2v) is 8.16. The van der Waals surface area contributed by atoms with Crippen molar-refractivity contribution in [2.45, 2.75) is 33.1 Å². The fraction of sp³-hybridized carbons (Fsp3) is 0.368. The summed E-state index contributed by atoms with van der Waals surface area (Å²) < 4.78 is 39.0. The van der Waals surface area contributed by atoms with Gasteiger partial charge in [-0.2, -0.15) is 0 Å². The van der Waals surface area contributed by atoms with Crippen molar-refractivity contribution in [3.63, 3.8) is 0 Å². The molecule has 0 radical (unpaired) electrons. The van der Waals surface area contributed by atoms with Gasteiger partial charge in [-0.05, 0) is 36.9 Å². The number of anilines is 1. The molecule has 1 aromatic rings. The van der Waals surface area contributed by atoms with E-state index in [9.17, 15) is 13.4 Å². The van der Waals surface area contributed by atoms with Gasteiger partial charge in [-0.15, -0.1) is 0 Å². The summed E-state index contributed by atoms with van der Waals surface area (Å²) >= 11 is 1.13. The molecule has 1 N–H and O–H groups in total. The second-order valence-electron chi connectivity index (χ2n) is 7.16. The molecule has 2 aliphatic heterocycles. The Balaban J connectivity index is 0.00000272. The summed E-state index contributed by atoms with van der Waals surface area (Å²) in [5, 5.41) is 0.363. The van der Waals surface area contributed by atoms with Crippen molar-refractivity contribution in [2.75, 3.05) is 18.5 Å². The first-order chi connectivity index (χ1) is 14.3. The van der Waals surface area contributed by atoms with Crippen molar-refractivity contribution in [1.82, 2.24) is 4.98 Å². The van der Waals surface area contributed by atoms with Gasteiger partial charge >= 0.3 is 18.2 Å². The monoisotopic (exact) mass is 454 g/mol. The first kappa shape index (κ1) is 22.9. The number of fused-ring (bicyclic) bond motifs is 2. The smallest absolute Gasteiger partial charge is 0.627 e. The third-order valence-electron chi connectivity index (χ3n) is 4.96. The Labute approximate surface area is 181 Å². The van der Waals surface area contributed by atoms with Crippen LogP contribution in [0.2, 0.25) is 0 Å². The van der Waals surface area contributed by atoms with Crippen LogP contribution in [0, 0.1) is 0 Å². The van der Waals surface area contributed by atoms with Gasteiger partial charge < -0.3 is 22.8 Å². The number of thioether (sulfide) groups is 1. The number of hydrogen-bond acceptors (Lipinski definition) is 6. The maximum Gasteiger partial charge on any atom is 0.725 e. The van der Waals surface area contributed by atoms with Crippen molar-refractivity contribution >= 4 is 47.2 Å². The van der Waals surface area contributed by atoms with E-state index in [1.54, 1.807) is 18.3 Å². The number of pyridine rings is 1. The molecule has 3 heterocycles. The Hall–Kier alpha value is -2.76. The Morgan fingerprint density at radius 3 is 2.68 bits per heavy atom. The van der Waals surface area contributed by atoms with Gasteiger partial charge in [0, 0.05) is 56.0 Å². The number of carbonyl (C=O) groups is 1. The summed E-state index contributed by atoms with van der Waals surface area (Å²) in [5.74, 6) is 0.636. The topological polar surface area (TPSA) is 78.0 Å². The van der Waals surface area contributed by atoms with Gasteiger partial charge in [0.1, 0.15) is 16.5 Å². The van der Waals surface area contributed by atoms with E-state index >= 15 is 0 Å². The van der Waals surface area contributed by atoms with Gasteiger partial charge in [0.2, 0.25) is 0 Å². The Morgan fingerprint density at radius 1 is 1.29 bits per heavy atom. The van der Waals surface area contributed by atoms with E-state index < -0.39 is 7.11 Å². The van der Waals surface area contributed by atoms with E-state index in [0.717, 1.165) is 24.1 Å².